The van der Waals surface area contributed by atoms with E-state index in [9.17, 15) is 13.8 Å². The zero-order chi connectivity index (χ0) is 30.1. The molecule has 2 amide bonds. The zero-order valence-corrected chi connectivity index (χ0v) is 26.0. The van der Waals surface area contributed by atoms with E-state index in [1.165, 1.54) is 11.0 Å². The minimum atomic E-state index is -1.34. The second-order valence-corrected chi connectivity index (χ2v) is 15.6. The van der Waals surface area contributed by atoms with Crippen molar-refractivity contribution in [2.45, 2.75) is 96.5 Å². The maximum atomic E-state index is 15.2. The predicted molar refractivity (Wildman–Crippen MR) is 162 cm³/mol. The number of ether oxygens (including phenoxy) is 1. The van der Waals surface area contributed by atoms with Gasteiger partial charge in [-0.3, -0.25) is 25.1 Å². The van der Waals surface area contributed by atoms with Crippen LogP contribution in [0.25, 0.3) is 0 Å². The number of benzene rings is 1. The summed E-state index contributed by atoms with van der Waals surface area (Å²) in [7, 11) is -1.34. The fourth-order valence-corrected chi connectivity index (χ4v) is 6.75. The molecule has 0 radical (unpaired) electrons. The molecule has 1 aromatic carbocycles. The third-order valence-electron chi connectivity index (χ3n) is 7.39. The molecular weight excluding hydrogens is 541 g/mol. The van der Waals surface area contributed by atoms with Crippen molar-refractivity contribution in [3.05, 3.63) is 59.7 Å². The van der Waals surface area contributed by atoms with Crippen LogP contribution in [0.3, 0.4) is 0 Å². The Hall–Kier alpha value is -2.94. The van der Waals surface area contributed by atoms with Crippen LogP contribution in [0.1, 0.15) is 91.2 Å². The van der Waals surface area contributed by atoms with Crippen molar-refractivity contribution in [2.24, 2.45) is 11.8 Å². The number of anilines is 1. The number of aromatic nitrogens is 1. The summed E-state index contributed by atoms with van der Waals surface area (Å²) < 4.78 is 34.2. The van der Waals surface area contributed by atoms with Crippen LogP contribution in [0.4, 0.5) is 14.9 Å². The highest BCUT2D eigenvalue weighted by molar-refractivity contribution is 7.86. The molecular formula is C32H43FN3O4S-. The average molecular weight is 585 g/mol. The molecule has 1 unspecified atom stereocenters. The van der Waals surface area contributed by atoms with E-state index in [2.05, 4.69) is 10.3 Å². The largest absolute Gasteiger partial charge is 0.460 e. The standard InChI is InChI=1S/C32H43FN3O4S/c1-20-16-27(36(19-20)30(38)40-31(2,3)4)29(37)35-26-18-23(10-11-25(26)33)24(17-21-8-9-21)28(41(39)32(5,6)7)22-12-14-34-15-13-22/h10-15,18,20-21,24,27H,8-9,16-17,19H2,1-7H3,(H,35,37)/q-1/t20-,24?,27+/m0/s1. The maximum Gasteiger partial charge on any atom is 0.410 e. The Bertz CT molecular complexity index is 1360. The predicted octanol–water partition coefficient (Wildman–Crippen LogP) is 6.67. The van der Waals surface area contributed by atoms with E-state index in [-0.39, 0.29) is 17.5 Å². The number of carbonyl (C=O) groups excluding carboxylic acids is 2. The fraction of sp³-hybridized carbons (Fsp3) is 0.562. The molecule has 2 heterocycles. The Balaban J connectivity index is 1.69. The van der Waals surface area contributed by atoms with E-state index in [0.29, 0.717) is 18.9 Å². The Labute approximate surface area is 245 Å². The van der Waals surface area contributed by atoms with Crippen LogP contribution in [0.5, 0.6) is 0 Å². The minimum Gasteiger partial charge on any atom is -0.460 e. The van der Waals surface area contributed by atoms with Crippen LogP contribution < -0.4 is 5.32 Å². The van der Waals surface area contributed by atoms with Gasteiger partial charge in [0.1, 0.15) is 17.5 Å². The van der Waals surface area contributed by atoms with Gasteiger partial charge in [-0.1, -0.05) is 51.3 Å². The van der Waals surface area contributed by atoms with Crippen molar-refractivity contribution in [3.63, 3.8) is 0 Å². The van der Waals surface area contributed by atoms with Crippen molar-refractivity contribution < 1.29 is 22.9 Å². The molecule has 0 bridgehead atoms. The van der Waals surface area contributed by atoms with E-state index >= 15 is 4.39 Å². The number of rotatable bonds is 7. The van der Waals surface area contributed by atoms with Gasteiger partial charge in [0.15, 0.2) is 0 Å². The summed E-state index contributed by atoms with van der Waals surface area (Å²) >= 11 is 0. The van der Waals surface area contributed by atoms with Crippen LogP contribution in [-0.4, -0.2) is 49.7 Å². The first-order valence-corrected chi connectivity index (χ1v) is 15.6. The molecule has 1 saturated heterocycles. The summed E-state index contributed by atoms with van der Waals surface area (Å²) in [6, 6.07) is 7.73. The number of hydrogen-bond donors (Lipinski definition) is 1. The monoisotopic (exact) mass is 584 g/mol. The zero-order valence-electron chi connectivity index (χ0n) is 25.2. The lowest BCUT2D eigenvalue weighted by Crippen LogP contribution is -2.45. The number of nitrogens with zero attached hydrogens (tertiary/aromatic N) is 2. The molecule has 0 spiro atoms. The SMILES string of the molecule is C[C@H]1C[C@H](C(=O)Nc2cc(C(CC3CC3)C(c3ccncc3)=[S-](=O)C(C)(C)C)ccc2F)N(C(=O)OC(C)(C)C)C1. The molecule has 4 rings (SSSR count). The van der Waals surface area contributed by atoms with Gasteiger partial charge >= 0.3 is 6.09 Å². The molecule has 224 valence electrons. The number of carbonyl (C=O) groups is 2. The van der Waals surface area contributed by atoms with Crippen molar-refractivity contribution in [2.75, 3.05) is 11.9 Å². The van der Waals surface area contributed by atoms with Crippen LogP contribution in [0, 0.1) is 17.7 Å². The fourth-order valence-electron chi connectivity index (χ4n) is 5.25. The van der Waals surface area contributed by atoms with Gasteiger partial charge in [-0.2, -0.15) is 0 Å². The van der Waals surface area contributed by atoms with Gasteiger partial charge in [0.05, 0.1) is 5.69 Å². The van der Waals surface area contributed by atoms with E-state index in [1.807, 2.05) is 39.8 Å². The van der Waals surface area contributed by atoms with E-state index in [4.69, 9.17) is 4.74 Å². The third kappa shape index (κ3) is 7.87. The molecule has 41 heavy (non-hydrogen) atoms. The highest BCUT2D eigenvalue weighted by atomic mass is 32.2. The van der Waals surface area contributed by atoms with Crippen LogP contribution in [-0.2, 0) is 24.1 Å². The second-order valence-electron chi connectivity index (χ2n) is 13.4. The maximum absolute atomic E-state index is 15.2. The highest BCUT2D eigenvalue weighted by Gasteiger charge is 2.40. The Kier molecular flexibility index (Phi) is 9.16. The number of pyridine rings is 1. The van der Waals surface area contributed by atoms with Crippen molar-refractivity contribution in [3.8, 4) is 0 Å². The van der Waals surface area contributed by atoms with Crippen LogP contribution >= 0.6 is 0 Å². The summed E-state index contributed by atoms with van der Waals surface area (Å²) in [5.41, 5.74) is 0.994. The van der Waals surface area contributed by atoms with Gasteiger partial charge in [-0.05, 0) is 86.8 Å². The molecule has 7 nitrogen and oxygen atoms in total. The summed E-state index contributed by atoms with van der Waals surface area (Å²) in [6.07, 6.45) is 6.28. The quantitative estimate of drug-likeness (QED) is 0.223. The van der Waals surface area contributed by atoms with E-state index < -0.39 is 44.6 Å². The number of likely N-dealkylation sites (tertiary alicyclic amines) is 1. The summed E-state index contributed by atoms with van der Waals surface area (Å²) in [4.78, 5) is 32.7. The topological polar surface area (TPSA) is 88.6 Å². The van der Waals surface area contributed by atoms with Gasteiger partial charge < -0.3 is 14.3 Å². The van der Waals surface area contributed by atoms with E-state index in [0.717, 1.165) is 35.3 Å². The third-order valence-corrected chi connectivity index (χ3v) is 9.43. The second kappa shape index (κ2) is 12.1. The molecule has 3 atom stereocenters. The molecule has 2 fully saturated rings. The lowest BCUT2D eigenvalue weighted by molar-refractivity contribution is -0.120. The molecule has 1 aliphatic heterocycles. The smallest absolute Gasteiger partial charge is 0.410 e. The molecule has 9 heteroatoms. The normalized spacial score (nSPS) is 21.3. The number of halogens is 1. The highest BCUT2D eigenvalue weighted by Crippen LogP contribution is 2.41. The van der Waals surface area contributed by atoms with Gasteiger partial charge in [0, 0.05) is 18.9 Å². The summed E-state index contributed by atoms with van der Waals surface area (Å²) in [6.45, 7) is 13.6. The first-order chi connectivity index (χ1) is 19.1. The van der Waals surface area contributed by atoms with E-state index in [1.54, 1.807) is 45.3 Å². The summed E-state index contributed by atoms with van der Waals surface area (Å²) in [5.74, 6) is -0.649. The van der Waals surface area contributed by atoms with Gasteiger partial charge in [0.2, 0.25) is 5.91 Å². The van der Waals surface area contributed by atoms with Crippen molar-refractivity contribution in [1.29, 1.82) is 0 Å². The Morgan fingerprint density at radius 2 is 1.78 bits per heavy atom. The summed E-state index contributed by atoms with van der Waals surface area (Å²) in [5, 5.41) is 2.76. The Morgan fingerprint density at radius 3 is 2.37 bits per heavy atom. The molecule has 1 aliphatic carbocycles. The molecule has 1 N–H and O–H groups in total. The van der Waals surface area contributed by atoms with Gasteiger partial charge in [0.25, 0.3) is 0 Å². The molecule has 1 saturated carbocycles. The molecule has 2 aromatic rings. The van der Waals surface area contributed by atoms with Crippen molar-refractivity contribution in [1.82, 2.24) is 9.88 Å². The van der Waals surface area contributed by atoms with Gasteiger partial charge in [-0.15, -0.1) is 4.86 Å². The lowest BCUT2D eigenvalue weighted by atomic mass is 9.87. The number of nitrogens with one attached hydrogen (secondary N) is 1. The minimum absolute atomic E-state index is 0.0487. The average Bonchev–Trinajstić information content (AvgIpc) is 3.61. The molecule has 2 aliphatic rings. The number of amides is 2. The van der Waals surface area contributed by atoms with Crippen LogP contribution in [0.2, 0.25) is 0 Å². The number of hydrogen-bond acceptors (Lipinski definition) is 6. The lowest BCUT2D eigenvalue weighted by Gasteiger charge is -2.34. The first kappa shape index (κ1) is 31.0. The Morgan fingerprint density at radius 1 is 1.12 bits per heavy atom. The first-order valence-electron chi connectivity index (χ1n) is 14.4. The van der Waals surface area contributed by atoms with Crippen molar-refractivity contribution >= 4 is 32.9 Å². The molecule has 1 aromatic heterocycles. The van der Waals surface area contributed by atoms with Gasteiger partial charge in [-0.25, -0.2) is 9.18 Å². The van der Waals surface area contributed by atoms with Crippen LogP contribution in [0.15, 0.2) is 42.7 Å².